The number of aromatic hydroxyl groups is 1. The number of hydrogen-bond acceptors (Lipinski definition) is 4. The third kappa shape index (κ3) is 3.57. The number of unbranched alkanes of at least 4 members (excludes halogenated alkanes) is 2. The molecule has 0 atom stereocenters. The fraction of sp³-hybridized carbons (Fsp3) is 0.333. The number of nitroso groups, excluding NO2 is 1. The largest absolute Gasteiger partial charge is 0.494 e. The third-order valence-corrected chi connectivity index (χ3v) is 4.60. The Kier molecular flexibility index (Phi) is 5.56. The van der Waals surface area contributed by atoms with E-state index in [0.717, 1.165) is 35.4 Å². The molecule has 0 spiro atoms. The van der Waals surface area contributed by atoms with Gasteiger partial charge in [-0.05, 0) is 41.8 Å². The second-order valence-electron chi connectivity index (χ2n) is 6.52. The summed E-state index contributed by atoms with van der Waals surface area (Å²) in [6.07, 6.45) is 3.40. The number of hydrogen-bond donors (Lipinski definition) is 1. The molecule has 3 rings (SSSR count). The van der Waals surface area contributed by atoms with Crippen molar-refractivity contribution >= 4 is 16.6 Å². The van der Waals surface area contributed by atoms with Gasteiger partial charge in [-0.15, -0.1) is 4.91 Å². The van der Waals surface area contributed by atoms with Gasteiger partial charge in [0.1, 0.15) is 5.75 Å². The molecule has 2 aromatic carbocycles. The van der Waals surface area contributed by atoms with Crippen molar-refractivity contribution in [1.29, 1.82) is 0 Å². The molecule has 0 aliphatic rings. The number of aryl methyl sites for hydroxylation is 1. The summed E-state index contributed by atoms with van der Waals surface area (Å²) in [5.74, 6) is 0.752. The first-order valence-corrected chi connectivity index (χ1v) is 9.01. The zero-order valence-corrected chi connectivity index (χ0v) is 15.2. The van der Waals surface area contributed by atoms with E-state index >= 15 is 0 Å². The molecule has 5 heteroatoms. The van der Waals surface area contributed by atoms with Crippen LogP contribution in [0.4, 0.5) is 5.69 Å². The summed E-state index contributed by atoms with van der Waals surface area (Å²) >= 11 is 0. The lowest BCUT2D eigenvalue weighted by atomic mass is 10.1. The minimum atomic E-state index is -0.0933. The predicted molar refractivity (Wildman–Crippen MR) is 104 cm³/mol. The Morgan fingerprint density at radius 1 is 1.12 bits per heavy atom. The van der Waals surface area contributed by atoms with Crippen LogP contribution in [-0.4, -0.2) is 16.3 Å². The fourth-order valence-corrected chi connectivity index (χ4v) is 3.22. The summed E-state index contributed by atoms with van der Waals surface area (Å²) in [4.78, 5) is 11.2. The lowest BCUT2D eigenvalue weighted by Crippen LogP contribution is -2.01. The summed E-state index contributed by atoms with van der Waals surface area (Å²) in [5, 5.41) is 14.2. The molecule has 0 saturated carbocycles. The van der Waals surface area contributed by atoms with Gasteiger partial charge in [-0.25, -0.2) is 0 Å². The maximum Gasteiger partial charge on any atom is 0.222 e. The molecule has 1 N–H and O–H groups in total. The molecule has 5 nitrogen and oxygen atoms in total. The average molecular weight is 352 g/mol. The topological polar surface area (TPSA) is 63.8 Å². The van der Waals surface area contributed by atoms with Crippen LogP contribution in [0.1, 0.15) is 37.3 Å². The van der Waals surface area contributed by atoms with Crippen LogP contribution in [0.15, 0.2) is 47.6 Å². The summed E-state index contributed by atoms with van der Waals surface area (Å²) in [6, 6.07) is 13.5. The summed E-state index contributed by atoms with van der Waals surface area (Å²) in [7, 11) is 0. The summed E-state index contributed by atoms with van der Waals surface area (Å²) in [5.41, 5.74) is 2.93. The van der Waals surface area contributed by atoms with E-state index in [1.807, 2.05) is 49.4 Å². The third-order valence-electron chi connectivity index (χ3n) is 4.60. The maximum absolute atomic E-state index is 11.2. The highest BCUT2D eigenvalue weighted by Gasteiger charge is 2.18. The van der Waals surface area contributed by atoms with Crippen molar-refractivity contribution in [2.75, 3.05) is 6.61 Å². The highest BCUT2D eigenvalue weighted by atomic mass is 16.5. The smallest absolute Gasteiger partial charge is 0.222 e. The Hall–Kier alpha value is -2.82. The first-order valence-electron chi connectivity index (χ1n) is 9.01. The first-order chi connectivity index (χ1) is 12.7. The molecule has 0 saturated heterocycles. The van der Waals surface area contributed by atoms with Crippen molar-refractivity contribution in [1.82, 2.24) is 4.57 Å². The summed E-state index contributed by atoms with van der Waals surface area (Å²) in [6.45, 7) is 5.31. The molecule has 1 aromatic heterocycles. The number of fused-ring (bicyclic) bond motifs is 1. The van der Waals surface area contributed by atoms with Crippen LogP contribution in [0, 0.1) is 11.8 Å². The van der Waals surface area contributed by atoms with Gasteiger partial charge in [0.25, 0.3) is 0 Å². The molecule has 0 unspecified atom stereocenters. The first kappa shape index (κ1) is 18.0. The number of ether oxygens (including phenoxy) is 1. The Labute approximate surface area is 153 Å². The van der Waals surface area contributed by atoms with Gasteiger partial charge in [-0.2, -0.15) is 0 Å². The van der Waals surface area contributed by atoms with Crippen molar-refractivity contribution < 1.29 is 9.84 Å². The quantitative estimate of drug-likeness (QED) is 0.419. The molecule has 26 heavy (non-hydrogen) atoms. The van der Waals surface area contributed by atoms with Gasteiger partial charge in [-0.1, -0.05) is 50.1 Å². The lowest BCUT2D eigenvalue weighted by Gasteiger charge is -2.10. The van der Waals surface area contributed by atoms with E-state index in [-0.39, 0.29) is 11.6 Å². The summed E-state index contributed by atoms with van der Waals surface area (Å²) < 4.78 is 7.47. The Morgan fingerprint density at radius 2 is 1.88 bits per heavy atom. The Balaban J connectivity index is 1.83. The molecule has 3 aromatic rings. The minimum Gasteiger partial charge on any atom is -0.494 e. The second kappa shape index (κ2) is 8.04. The number of para-hydroxylation sites is 1. The van der Waals surface area contributed by atoms with Crippen LogP contribution in [0.3, 0.4) is 0 Å². The zero-order chi connectivity index (χ0) is 18.5. The van der Waals surface area contributed by atoms with Crippen molar-refractivity contribution in [2.45, 2.75) is 39.7 Å². The Morgan fingerprint density at radius 3 is 2.58 bits per heavy atom. The number of rotatable bonds is 8. The van der Waals surface area contributed by atoms with E-state index in [0.29, 0.717) is 11.9 Å². The standard InChI is InChI=1S/C21H24N2O3/c1-3-4-5-13-26-17-11-9-16(10-12-17)14-23-20-15(2)7-6-8-18(20)19(22-25)21(23)24/h6-12,24H,3-5,13-14H2,1-2H3. The fourth-order valence-electron chi connectivity index (χ4n) is 3.22. The number of aromatic nitrogens is 1. The molecule has 0 amide bonds. The van der Waals surface area contributed by atoms with Gasteiger partial charge in [0.05, 0.1) is 18.7 Å². The van der Waals surface area contributed by atoms with Crippen LogP contribution in [0.2, 0.25) is 0 Å². The molecule has 0 bridgehead atoms. The molecule has 136 valence electrons. The predicted octanol–water partition coefficient (Wildman–Crippen LogP) is 5.67. The van der Waals surface area contributed by atoms with Crippen molar-refractivity contribution in [3.63, 3.8) is 0 Å². The molecule has 1 heterocycles. The van der Waals surface area contributed by atoms with Gasteiger partial charge in [-0.3, -0.25) is 0 Å². The van der Waals surface area contributed by atoms with Crippen LogP contribution in [0.5, 0.6) is 11.6 Å². The highest BCUT2D eigenvalue weighted by molar-refractivity contribution is 5.96. The van der Waals surface area contributed by atoms with Crippen molar-refractivity contribution in [2.24, 2.45) is 5.18 Å². The Bertz CT molecular complexity index is 898. The van der Waals surface area contributed by atoms with E-state index in [2.05, 4.69) is 12.1 Å². The lowest BCUT2D eigenvalue weighted by molar-refractivity contribution is 0.306. The zero-order valence-electron chi connectivity index (χ0n) is 15.2. The highest BCUT2D eigenvalue weighted by Crippen LogP contribution is 2.40. The van der Waals surface area contributed by atoms with Crippen LogP contribution >= 0.6 is 0 Å². The molecule has 0 aliphatic carbocycles. The van der Waals surface area contributed by atoms with Gasteiger partial charge >= 0.3 is 0 Å². The average Bonchev–Trinajstić information content (AvgIpc) is 2.92. The van der Waals surface area contributed by atoms with E-state index in [9.17, 15) is 10.0 Å². The van der Waals surface area contributed by atoms with E-state index < -0.39 is 0 Å². The van der Waals surface area contributed by atoms with E-state index in [4.69, 9.17) is 4.74 Å². The van der Waals surface area contributed by atoms with Gasteiger partial charge < -0.3 is 14.4 Å². The second-order valence-corrected chi connectivity index (χ2v) is 6.52. The SMILES string of the molecule is CCCCCOc1ccc(Cn2c(O)c(N=O)c3cccc(C)c32)cc1. The van der Waals surface area contributed by atoms with Crippen LogP contribution in [0.25, 0.3) is 10.9 Å². The number of benzene rings is 2. The van der Waals surface area contributed by atoms with E-state index in [1.54, 1.807) is 4.57 Å². The van der Waals surface area contributed by atoms with Crippen molar-refractivity contribution in [3.05, 3.63) is 58.5 Å². The molecule has 0 aliphatic heterocycles. The molecular formula is C21H24N2O3. The maximum atomic E-state index is 11.2. The van der Waals surface area contributed by atoms with Crippen LogP contribution in [-0.2, 0) is 6.54 Å². The van der Waals surface area contributed by atoms with Gasteiger partial charge in [0.15, 0.2) is 5.69 Å². The molecular weight excluding hydrogens is 328 g/mol. The van der Waals surface area contributed by atoms with Gasteiger partial charge in [0.2, 0.25) is 5.88 Å². The number of nitrogens with zero attached hydrogens (tertiary/aromatic N) is 2. The minimum absolute atomic E-state index is 0.0933. The van der Waals surface area contributed by atoms with Gasteiger partial charge in [0, 0.05) is 5.39 Å². The monoisotopic (exact) mass is 352 g/mol. The van der Waals surface area contributed by atoms with Crippen molar-refractivity contribution in [3.8, 4) is 11.6 Å². The molecule has 0 radical (unpaired) electrons. The van der Waals surface area contributed by atoms with Crippen LogP contribution < -0.4 is 4.74 Å². The molecule has 0 fully saturated rings. The normalized spacial score (nSPS) is 11.0. The van der Waals surface area contributed by atoms with E-state index in [1.165, 1.54) is 12.8 Å².